The molecule has 0 heterocycles. The minimum atomic E-state index is -0.956. The molecule has 0 fully saturated rings. The fourth-order valence-electron chi connectivity index (χ4n) is 1.89. The zero-order chi connectivity index (χ0) is 14.2. The zero-order valence-electron chi connectivity index (χ0n) is 10.1. The topological polar surface area (TPSA) is 26.0 Å². The summed E-state index contributed by atoms with van der Waals surface area (Å²) in [6.45, 7) is 1.72. The fourth-order valence-corrected chi connectivity index (χ4v) is 2.04. The third kappa shape index (κ3) is 2.74. The molecule has 2 aromatic carbocycles. The number of rotatable bonds is 2. The molecule has 0 aliphatic heterocycles. The average molecular weight is 286 g/mol. The van der Waals surface area contributed by atoms with E-state index < -0.39 is 23.5 Å². The van der Waals surface area contributed by atoms with E-state index in [1.165, 1.54) is 18.2 Å². The van der Waals surface area contributed by atoms with Crippen LogP contribution in [0.5, 0.6) is 0 Å². The van der Waals surface area contributed by atoms with Gasteiger partial charge in [-0.15, -0.1) is 0 Å². The summed E-state index contributed by atoms with van der Waals surface area (Å²) in [6, 6.07) is 4.88. The van der Waals surface area contributed by atoms with Crippen LogP contribution in [0.3, 0.4) is 0 Å². The zero-order valence-corrected chi connectivity index (χ0v) is 10.8. The highest BCUT2D eigenvalue weighted by Gasteiger charge is 2.18. The molecule has 0 aliphatic rings. The van der Waals surface area contributed by atoms with E-state index in [1.54, 1.807) is 6.92 Å². The van der Waals surface area contributed by atoms with Gasteiger partial charge in [-0.05, 0) is 42.3 Å². The van der Waals surface area contributed by atoms with E-state index in [9.17, 15) is 13.2 Å². The summed E-state index contributed by atoms with van der Waals surface area (Å²) in [5, 5.41) is -0.315. The number of halogens is 4. The first-order chi connectivity index (χ1) is 8.90. The SMILES string of the molecule is Cc1ccc(F)cc1C(N)c1cc(F)c(Cl)cc1F. The van der Waals surface area contributed by atoms with Gasteiger partial charge in [-0.1, -0.05) is 17.7 Å². The molecule has 2 rings (SSSR count). The van der Waals surface area contributed by atoms with Crippen molar-refractivity contribution in [3.8, 4) is 0 Å². The molecule has 0 spiro atoms. The first kappa shape index (κ1) is 13.9. The van der Waals surface area contributed by atoms with Crippen LogP contribution in [0, 0.1) is 24.4 Å². The van der Waals surface area contributed by atoms with Gasteiger partial charge in [0.05, 0.1) is 11.1 Å². The van der Waals surface area contributed by atoms with Gasteiger partial charge in [-0.2, -0.15) is 0 Å². The Kier molecular flexibility index (Phi) is 3.83. The first-order valence-electron chi connectivity index (χ1n) is 5.56. The van der Waals surface area contributed by atoms with Gasteiger partial charge in [0, 0.05) is 5.56 Å². The Hall–Kier alpha value is -1.52. The lowest BCUT2D eigenvalue weighted by Crippen LogP contribution is -2.15. The summed E-state index contributed by atoms with van der Waals surface area (Å²) in [6.07, 6.45) is 0. The summed E-state index contributed by atoms with van der Waals surface area (Å²) in [4.78, 5) is 0. The van der Waals surface area contributed by atoms with E-state index in [4.69, 9.17) is 17.3 Å². The molecular formula is C14H11ClF3N. The molecule has 5 heteroatoms. The highest BCUT2D eigenvalue weighted by molar-refractivity contribution is 6.30. The van der Waals surface area contributed by atoms with Crippen molar-refractivity contribution in [1.29, 1.82) is 0 Å². The fraction of sp³-hybridized carbons (Fsp3) is 0.143. The van der Waals surface area contributed by atoms with Crippen LogP contribution in [-0.2, 0) is 0 Å². The van der Waals surface area contributed by atoms with Crippen LogP contribution >= 0.6 is 11.6 Å². The molecule has 2 N–H and O–H groups in total. The first-order valence-corrected chi connectivity index (χ1v) is 5.94. The van der Waals surface area contributed by atoms with Crippen molar-refractivity contribution in [1.82, 2.24) is 0 Å². The molecule has 0 amide bonds. The molecule has 100 valence electrons. The highest BCUT2D eigenvalue weighted by atomic mass is 35.5. The van der Waals surface area contributed by atoms with Crippen LogP contribution < -0.4 is 5.73 Å². The predicted molar refractivity (Wildman–Crippen MR) is 68.5 cm³/mol. The maximum absolute atomic E-state index is 13.8. The molecule has 0 saturated carbocycles. The van der Waals surface area contributed by atoms with Gasteiger partial charge in [-0.25, -0.2) is 13.2 Å². The molecule has 0 aromatic heterocycles. The Morgan fingerprint density at radius 3 is 2.37 bits per heavy atom. The smallest absolute Gasteiger partial charge is 0.142 e. The maximum atomic E-state index is 13.8. The summed E-state index contributed by atoms with van der Waals surface area (Å²) < 4.78 is 40.4. The lowest BCUT2D eigenvalue weighted by atomic mass is 9.95. The molecular weight excluding hydrogens is 275 g/mol. The van der Waals surface area contributed by atoms with E-state index in [1.807, 2.05) is 0 Å². The molecule has 1 atom stereocenters. The second-order valence-electron chi connectivity index (χ2n) is 4.27. The van der Waals surface area contributed by atoms with Crippen LogP contribution in [0.2, 0.25) is 5.02 Å². The van der Waals surface area contributed by atoms with Crippen molar-refractivity contribution < 1.29 is 13.2 Å². The molecule has 0 radical (unpaired) electrons. The van der Waals surface area contributed by atoms with Crippen molar-refractivity contribution >= 4 is 11.6 Å². The molecule has 1 unspecified atom stereocenters. The van der Waals surface area contributed by atoms with E-state index in [0.717, 1.165) is 12.1 Å². The molecule has 2 aromatic rings. The van der Waals surface area contributed by atoms with E-state index in [2.05, 4.69) is 0 Å². The van der Waals surface area contributed by atoms with Crippen molar-refractivity contribution in [2.45, 2.75) is 13.0 Å². The lowest BCUT2D eigenvalue weighted by molar-refractivity contribution is 0.575. The predicted octanol–water partition coefficient (Wildman–Crippen LogP) is 4.11. The van der Waals surface area contributed by atoms with Crippen molar-refractivity contribution in [2.24, 2.45) is 5.73 Å². The highest BCUT2D eigenvalue weighted by Crippen LogP contribution is 2.28. The second kappa shape index (κ2) is 5.23. The van der Waals surface area contributed by atoms with Crippen LogP contribution in [-0.4, -0.2) is 0 Å². The molecule has 0 bridgehead atoms. The Labute approximate surface area is 113 Å². The minimum absolute atomic E-state index is 0.0596. The van der Waals surface area contributed by atoms with Crippen molar-refractivity contribution in [3.63, 3.8) is 0 Å². The van der Waals surface area contributed by atoms with Gasteiger partial charge >= 0.3 is 0 Å². The van der Waals surface area contributed by atoms with Gasteiger partial charge in [0.1, 0.15) is 17.5 Å². The van der Waals surface area contributed by atoms with Crippen molar-refractivity contribution in [2.75, 3.05) is 0 Å². The Morgan fingerprint density at radius 1 is 1.00 bits per heavy atom. The quantitative estimate of drug-likeness (QED) is 0.826. The number of benzene rings is 2. The Morgan fingerprint density at radius 2 is 1.68 bits per heavy atom. The normalized spacial score (nSPS) is 12.5. The Bertz CT molecular complexity index is 628. The lowest BCUT2D eigenvalue weighted by Gasteiger charge is -2.16. The van der Waals surface area contributed by atoms with Crippen molar-refractivity contribution in [3.05, 3.63) is 69.5 Å². The van der Waals surface area contributed by atoms with Gasteiger partial charge in [0.25, 0.3) is 0 Å². The second-order valence-corrected chi connectivity index (χ2v) is 4.67. The summed E-state index contributed by atoms with van der Waals surface area (Å²) >= 11 is 5.48. The number of hydrogen-bond acceptors (Lipinski definition) is 1. The molecule has 0 saturated heterocycles. The molecule has 0 aliphatic carbocycles. The minimum Gasteiger partial charge on any atom is -0.320 e. The summed E-state index contributed by atoms with van der Waals surface area (Å²) in [5.74, 6) is -1.96. The Balaban J connectivity index is 2.52. The van der Waals surface area contributed by atoms with E-state index in [0.29, 0.717) is 11.1 Å². The molecule has 1 nitrogen and oxygen atoms in total. The van der Waals surface area contributed by atoms with E-state index in [-0.39, 0.29) is 10.6 Å². The molecule has 19 heavy (non-hydrogen) atoms. The summed E-state index contributed by atoms with van der Waals surface area (Å²) in [5.41, 5.74) is 6.93. The van der Waals surface area contributed by atoms with Gasteiger partial charge in [-0.3, -0.25) is 0 Å². The number of hydrogen-bond donors (Lipinski definition) is 1. The van der Waals surface area contributed by atoms with Crippen LogP contribution in [0.1, 0.15) is 22.7 Å². The third-order valence-electron chi connectivity index (χ3n) is 2.95. The maximum Gasteiger partial charge on any atom is 0.142 e. The van der Waals surface area contributed by atoms with Crippen LogP contribution in [0.15, 0.2) is 30.3 Å². The number of nitrogens with two attached hydrogens (primary N) is 1. The van der Waals surface area contributed by atoms with Gasteiger partial charge in [0.15, 0.2) is 0 Å². The van der Waals surface area contributed by atoms with E-state index >= 15 is 0 Å². The largest absolute Gasteiger partial charge is 0.320 e. The third-order valence-corrected chi connectivity index (χ3v) is 3.24. The van der Waals surface area contributed by atoms with Crippen LogP contribution in [0.25, 0.3) is 0 Å². The summed E-state index contributed by atoms with van der Waals surface area (Å²) in [7, 11) is 0. The van der Waals surface area contributed by atoms with Gasteiger partial charge in [0.2, 0.25) is 0 Å². The number of aryl methyl sites for hydroxylation is 1. The van der Waals surface area contributed by atoms with Crippen LogP contribution in [0.4, 0.5) is 13.2 Å². The monoisotopic (exact) mass is 285 g/mol. The van der Waals surface area contributed by atoms with Gasteiger partial charge < -0.3 is 5.73 Å². The standard InChI is InChI=1S/C14H11ClF3N/c1-7-2-3-8(16)4-9(7)14(19)10-5-13(18)11(15)6-12(10)17/h2-6,14H,19H2,1H3. The average Bonchev–Trinajstić information content (AvgIpc) is 2.36.